The number of thiophene rings is 1. The van der Waals surface area contributed by atoms with E-state index in [9.17, 15) is 4.79 Å². The van der Waals surface area contributed by atoms with Crippen molar-refractivity contribution in [3.05, 3.63) is 28.1 Å². The van der Waals surface area contributed by atoms with Crippen molar-refractivity contribution in [1.29, 1.82) is 0 Å². The van der Waals surface area contributed by atoms with Crippen molar-refractivity contribution in [2.75, 3.05) is 6.54 Å². The highest BCUT2D eigenvalue weighted by atomic mass is 32.1. The lowest BCUT2D eigenvalue weighted by Crippen LogP contribution is -2.40. The molecule has 0 aromatic carbocycles. The van der Waals surface area contributed by atoms with Crippen LogP contribution in [-0.4, -0.2) is 39.2 Å². The Labute approximate surface area is 158 Å². The van der Waals surface area contributed by atoms with Gasteiger partial charge in [0.05, 0.1) is 23.9 Å². The summed E-state index contributed by atoms with van der Waals surface area (Å²) in [5.41, 5.74) is 2.28. The van der Waals surface area contributed by atoms with E-state index in [1.165, 1.54) is 0 Å². The molecular formula is C19H25N3O3S. The normalized spacial score (nSPS) is 14.3. The Morgan fingerprint density at radius 3 is 2.69 bits per heavy atom. The highest BCUT2D eigenvalue weighted by molar-refractivity contribution is 7.08. The average molecular weight is 375 g/mol. The Morgan fingerprint density at radius 2 is 2.08 bits per heavy atom. The molecule has 26 heavy (non-hydrogen) atoms. The van der Waals surface area contributed by atoms with E-state index in [4.69, 9.17) is 14.5 Å². The summed E-state index contributed by atoms with van der Waals surface area (Å²) in [6.45, 7) is 10.5. The van der Waals surface area contributed by atoms with Crippen molar-refractivity contribution in [3.63, 3.8) is 0 Å². The standard InChI is InChI=1S/C19H25N3O3S/c1-12(2)24-17-14-10-22(18(23)25-19(3,4)5)8-6-15(14)20-16(21-17)13-7-9-26-11-13/h7,9,11-12H,6,8,10H2,1-5H3. The molecule has 1 amide bonds. The number of amides is 1. The molecule has 0 radical (unpaired) electrons. The number of nitrogens with zero attached hydrogens (tertiary/aromatic N) is 3. The summed E-state index contributed by atoms with van der Waals surface area (Å²) >= 11 is 1.61. The predicted octanol–water partition coefficient (Wildman–Crippen LogP) is 4.29. The first-order chi connectivity index (χ1) is 12.2. The van der Waals surface area contributed by atoms with Gasteiger partial charge in [0.2, 0.25) is 5.88 Å². The van der Waals surface area contributed by atoms with Crippen LogP contribution >= 0.6 is 11.3 Å². The first-order valence-electron chi connectivity index (χ1n) is 8.80. The number of ether oxygens (including phenoxy) is 2. The lowest BCUT2D eigenvalue weighted by Gasteiger charge is -2.31. The number of hydrogen-bond acceptors (Lipinski definition) is 6. The van der Waals surface area contributed by atoms with Gasteiger partial charge >= 0.3 is 6.09 Å². The number of aromatic nitrogens is 2. The van der Waals surface area contributed by atoms with Gasteiger partial charge in [-0.25, -0.2) is 9.78 Å². The van der Waals surface area contributed by atoms with Crippen LogP contribution in [0.15, 0.2) is 16.8 Å². The number of carbonyl (C=O) groups is 1. The molecule has 0 N–H and O–H groups in total. The van der Waals surface area contributed by atoms with Gasteiger partial charge in [0, 0.05) is 23.9 Å². The zero-order valence-corrected chi connectivity index (χ0v) is 16.7. The Bertz CT molecular complexity index is 782. The zero-order chi connectivity index (χ0) is 18.9. The molecule has 6 nitrogen and oxygen atoms in total. The fourth-order valence-corrected chi connectivity index (χ4v) is 3.34. The summed E-state index contributed by atoms with van der Waals surface area (Å²) in [7, 11) is 0. The van der Waals surface area contributed by atoms with Crippen molar-refractivity contribution < 1.29 is 14.3 Å². The number of hydrogen-bond donors (Lipinski definition) is 0. The fourth-order valence-electron chi connectivity index (χ4n) is 2.71. The molecule has 0 spiro atoms. The van der Waals surface area contributed by atoms with Crippen molar-refractivity contribution >= 4 is 17.4 Å². The average Bonchev–Trinajstić information content (AvgIpc) is 3.06. The van der Waals surface area contributed by atoms with Gasteiger partial charge in [-0.05, 0) is 46.1 Å². The maximum absolute atomic E-state index is 12.4. The second-order valence-corrected chi connectivity index (χ2v) is 8.39. The topological polar surface area (TPSA) is 64.6 Å². The van der Waals surface area contributed by atoms with Crippen LogP contribution in [0.1, 0.15) is 45.9 Å². The van der Waals surface area contributed by atoms with Crippen LogP contribution < -0.4 is 4.74 Å². The van der Waals surface area contributed by atoms with Crippen LogP contribution in [0, 0.1) is 0 Å². The largest absolute Gasteiger partial charge is 0.475 e. The highest BCUT2D eigenvalue weighted by Crippen LogP contribution is 2.30. The second-order valence-electron chi connectivity index (χ2n) is 7.61. The molecule has 0 saturated carbocycles. The molecule has 1 aliphatic heterocycles. The van der Waals surface area contributed by atoms with Crippen molar-refractivity contribution in [2.45, 2.75) is 59.3 Å². The molecule has 0 aliphatic carbocycles. The van der Waals surface area contributed by atoms with Gasteiger partial charge < -0.3 is 14.4 Å². The van der Waals surface area contributed by atoms with Gasteiger partial charge in [-0.3, -0.25) is 0 Å². The lowest BCUT2D eigenvalue weighted by molar-refractivity contribution is 0.0220. The van der Waals surface area contributed by atoms with E-state index in [0.29, 0.717) is 31.2 Å². The van der Waals surface area contributed by atoms with E-state index in [-0.39, 0.29) is 12.2 Å². The van der Waals surface area contributed by atoms with Crippen molar-refractivity contribution in [2.24, 2.45) is 0 Å². The third-order valence-electron chi connectivity index (χ3n) is 3.80. The summed E-state index contributed by atoms with van der Waals surface area (Å²) in [6, 6.07) is 2.00. The highest BCUT2D eigenvalue weighted by Gasteiger charge is 2.29. The predicted molar refractivity (Wildman–Crippen MR) is 101 cm³/mol. The molecule has 0 saturated heterocycles. The van der Waals surface area contributed by atoms with Crippen molar-refractivity contribution in [1.82, 2.24) is 14.9 Å². The monoisotopic (exact) mass is 375 g/mol. The summed E-state index contributed by atoms with van der Waals surface area (Å²) in [6.07, 6.45) is 0.324. The Balaban J connectivity index is 1.92. The minimum Gasteiger partial charge on any atom is -0.475 e. The van der Waals surface area contributed by atoms with Crippen LogP contribution in [-0.2, 0) is 17.7 Å². The maximum Gasteiger partial charge on any atom is 0.410 e. The van der Waals surface area contributed by atoms with E-state index in [2.05, 4.69) is 4.98 Å². The van der Waals surface area contributed by atoms with E-state index >= 15 is 0 Å². The lowest BCUT2D eigenvalue weighted by atomic mass is 10.1. The molecule has 3 heterocycles. The molecule has 0 bridgehead atoms. The van der Waals surface area contributed by atoms with Gasteiger partial charge in [0.1, 0.15) is 5.60 Å². The van der Waals surface area contributed by atoms with E-state index in [1.54, 1.807) is 16.2 Å². The molecule has 140 valence electrons. The van der Waals surface area contributed by atoms with Crippen LogP contribution in [0.2, 0.25) is 0 Å². The molecule has 1 aliphatic rings. The first kappa shape index (κ1) is 18.6. The van der Waals surface area contributed by atoms with Crippen LogP contribution in [0.3, 0.4) is 0 Å². The third kappa shape index (κ3) is 4.33. The van der Waals surface area contributed by atoms with Crippen LogP contribution in [0.4, 0.5) is 4.79 Å². The van der Waals surface area contributed by atoms with Gasteiger partial charge in [-0.1, -0.05) is 0 Å². The SMILES string of the molecule is CC(C)Oc1nc(-c2ccsc2)nc2c1CN(C(=O)OC(C)(C)C)CC2. The van der Waals surface area contributed by atoms with Gasteiger partial charge in [0.15, 0.2) is 5.82 Å². The molecule has 0 atom stereocenters. The van der Waals surface area contributed by atoms with Gasteiger partial charge in [-0.15, -0.1) is 0 Å². The maximum atomic E-state index is 12.4. The summed E-state index contributed by atoms with van der Waals surface area (Å²) < 4.78 is 11.5. The zero-order valence-electron chi connectivity index (χ0n) is 15.9. The van der Waals surface area contributed by atoms with E-state index in [0.717, 1.165) is 16.8 Å². The van der Waals surface area contributed by atoms with Crippen molar-refractivity contribution in [3.8, 4) is 17.3 Å². The third-order valence-corrected chi connectivity index (χ3v) is 4.48. The van der Waals surface area contributed by atoms with Gasteiger partial charge in [-0.2, -0.15) is 16.3 Å². The van der Waals surface area contributed by atoms with Crippen LogP contribution in [0.25, 0.3) is 11.4 Å². The molecule has 2 aromatic heterocycles. The quantitative estimate of drug-likeness (QED) is 0.801. The smallest absolute Gasteiger partial charge is 0.410 e. The summed E-state index contributed by atoms with van der Waals surface area (Å²) in [4.78, 5) is 23.5. The summed E-state index contributed by atoms with van der Waals surface area (Å²) in [5, 5.41) is 4.03. The van der Waals surface area contributed by atoms with E-state index in [1.807, 2.05) is 51.4 Å². The first-order valence-corrected chi connectivity index (χ1v) is 9.74. The summed E-state index contributed by atoms with van der Waals surface area (Å²) in [5.74, 6) is 1.23. The minimum atomic E-state index is -0.520. The molecule has 2 aromatic rings. The Morgan fingerprint density at radius 1 is 1.31 bits per heavy atom. The van der Waals surface area contributed by atoms with Gasteiger partial charge in [0.25, 0.3) is 0 Å². The Hall–Kier alpha value is -2.15. The molecule has 0 fully saturated rings. The van der Waals surface area contributed by atoms with Crippen LogP contribution in [0.5, 0.6) is 5.88 Å². The number of carbonyl (C=O) groups excluding carboxylic acids is 1. The minimum absolute atomic E-state index is 0.0128. The fraction of sp³-hybridized carbons (Fsp3) is 0.526. The second kappa shape index (κ2) is 7.23. The van der Waals surface area contributed by atoms with E-state index < -0.39 is 5.60 Å². The Kier molecular flexibility index (Phi) is 5.18. The number of fused-ring (bicyclic) bond motifs is 1. The number of rotatable bonds is 3. The molecule has 0 unspecified atom stereocenters. The molecule has 3 rings (SSSR count). The molecule has 7 heteroatoms. The molecular weight excluding hydrogens is 350 g/mol.